The van der Waals surface area contributed by atoms with Gasteiger partial charge in [0, 0.05) is 26.8 Å². The molecule has 4 nitrogen and oxygen atoms in total. The Kier molecular flexibility index (Phi) is 5.32. The van der Waals surface area contributed by atoms with Crippen LogP contribution in [0.3, 0.4) is 0 Å². The lowest BCUT2D eigenvalue weighted by atomic mass is 9.77. The number of sulfonamides is 1. The van der Waals surface area contributed by atoms with Crippen LogP contribution in [0, 0.1) is 5.92 Å². The highest BCUT2D eigenvalue weighted by Crippen LogP contribution is 2.50. The van der Waals surface area contributed by atoms with Gasteiger partial charge >= 0.3 is 0 Å². The van der Waals surface area contributed by atoms with Gasteiger partial charge < -0.3 is 5.32 Å². The third-order valence-electron chi connectivity index (χ3n) is 5.95. The zero-order chi connectivity index (χ0) is 21.6. The van der Waals surface area contributed by atoms with E-state index in [0.717, 1.165) is 27.7 Å². The molecule has 1 aliphatic heterocycles. The first-order valence-corrected chi connectivity index (χ1v) is 12.7. The number of rotatable bonds is 4. The topological polar surface area (TPSA) is 58.2 Å². The Balaban J connectivity index is 1.49. The van der Waals surface area contributed by atoms with Crippen LogP contribution in [0.25, 0.3) is 0 Å². The van der Waals surface area contributed by atoms with Gasteiger partial charge in [-0.1, -0.05) is 51.8 Å². The predicted octanol–water partition coefficient (Wildman–Crippen LogP) is 6.73. The van der Waals surface area contributed by atoms with E-state index >= 15 is 0 Å². The second-order valence-electron chi connectivity index (χ2n) is 7.89. The minimum absolute atomic E-state index is 0.120. The molecule has 3 aromatic rings. The van der Waals surface area contributed by atoms with E-state index in [1.807, 2.05) is 24.3 Å². The van der Waals surface area contributed by atoms with Crippen molar-refractivity contribution in [3.8, 4) is 0 Å². The van der Waals surface area contributed by atoms with Crippen LogP contribution in [-0.4, -0.2) is 8.42 Å². The van der Waals surface area contributed by atoms with Crippen LogP contribution < -0.4 is 10.0 Å². The Morgan fingerprint density at radius 3 is 2.61 bits per heavy atom. The number of allylic oxidation sites excluding steroid dienone is 2. The van der Waals surface area contributed by atoms with Crippen LogP contribution in [0.4, 0.5) is 11.4 Å². The highest BCUT2D eigenvalue weighted by Gasteiger charge is 2.38. The van der Waals surface area contributed by atoms with Crippen molar-refractivity contribution in [1.82, 2.24) is 0 Å². The van der Waals surface area contributed by atoms with Crippen LogP contribution in [0.15, 0.2) is 88.3 Å². The van der Waals surface area contributed by atoms with Gasteiger partial charge in [0.1, 0.15) is 0 Å². The molecular weight excluding hydrogens is 496 g/mol. The zero-order valence-electron chi connectivity index (χ0n) is 16.4. The first kappa shape index (κ1) is 20.6. The SMILES string of the molecule is O=S(=O)(Nc1ccc(Br)cc1)c1ccc2c(c1)[C@H]1C=CC[C@H]1[C@@H](c1cccc(Cl)c1)N2. The highest BCUT2D eigenvalue weighted by atomic mass is 79.9. The van der Waals surface area contributed by atoms with E-state index in [-0.39, 0.29) is 16.9 Å². The third-order valence-corrected chi connectivity index (χ3v) is 8.09. The maximum absolute atomic E-state index is 13.0. The van der Waals surface area contributed by atoms with Crippen molar-refractivity contribution >= 4 is 48.9 Å². The van der Waals surface area contributed by atoms with Crippen LogP contribution in [-0.2, 0) is 10.0 Å². The first-order chi connectivity index (χ1) is 14.9. The summed E-state index contributed by atoms with van der Waals surface area (Å²) in [4.78, 5) is 0.260. The molecule has 3 aromatic carbocycles. The minimum Gasteiger partial charge on any atom is -0.378 e. The van der Waals surface area contributed by atoms with Gasteiger partial charge in [-0.3, -0.25) is 4.72 Å². The molecule has 0 unspecified atom stereocenters. The van der Waals surface area contributed by atoms with E-state index in [4.69, 9.17) is 11.6 Å². The van der Waals surface area contributed by atoms with Crippen molar-refractivity contribution in [3.63, 3.8) is 0 Å². The van der Waals surface area contributed by atoms with Gasteiger partial charge in [-0.25, -0.2) is 8.42 Å². The Hall–Kier alpha value is -2.28. The monoisotopic (exact) mass is 514 g/mol. The van der Waals surface area contributed by atoms with Crippen LogP contribution in [0.2, 0.25) is 5.02 Å². The molecule has 7 heteroatoms. The number of fused-ring (bicyclic) bond motifs is 3. The molecule has 3 atom stereocenters. The lowest BCUT2D eigenvalue weighted by molar-refractivity contribution is 0.425. The lowest BCUT2D eigenvalue weighted by Gasteiger charge is -2.37. The molecule has 0 saturated heterocycles. The third kappa shape index (κ3) is 4.00. The summed E-state index contributed by atoms with van der Waals surface area (Å²) in [6, 6.07) is 20.4. The van der Waals surface area contributed by atoms with Gasteiger partial charge in [-0.2, -0.15) is 0 Å². The molecule has 0 spiro atoms. The zero-order valence-corrected chi connectivity index (χ0v) is 19.6. The van der Waals surface area contributed by atoms with E-state index < -0.39 is 10.0 Å². The molecular formula is C24H20BrClN2O2S. The first-order valence-electron chi connectivity index (χ1n) is 10.0. The summed E-state index contributed by atoms with van der Waals surface area (Å²) < 4.78 is 29.6. The largest absolute Gasteiger partial charge is 0.378 e. The van der Waals surface area contributed by atoms with Gasteiger partial charge in [0.25, 0.3) is 10.0 Å². The molecule has 2 aliphatic rings. The number of hydrogen-bond donors (Lipinski definition) is 2. The van der Waals surface area contributed by atoms with E-state index in [0.29, 0.717) is 16.6 Å². The fourth-order valence-corrected chi connectivity index (χ4v) is 6.06. The van der Waals surface area contributed by atoms with Gasteiger partial charge in [0.2, 0.25) is 0 Å². The van der Waals surface area contributed by atoms with E-state index in [1.165, 1.54) is 0 Å². The molecule has 0 bridgehead atoms. The smallest absolute Gasteiger partial charge is 0.261 e. The summed E-state index contributed by atoms with van der Waals surface area (Å²) in [6.45, 7) is 0. The highest BCUT2D eigenvalue weighted by molar-refractivity contribution is 9.10. The van der Waals surface area contributed by atoms with Crippen molar-refractivity contribution in [2.75, 3.05) is 10.0 Å². The van der Waals surface area contributed by atoms with Crippen molar-refractivity contribution in [1.29, 1.82) is 0 Å². The fraction of sp³-hybridized carbons (Fsp3) is 0.167. The van der Waals surface area contributed by atoms with Crippen LogP contribution in [0.1, 0.15) is 29.5 Å². The summed E-state index contributed by atoms with van der Waals surface area (Å²) in [5, 5.41) is 4.34. The number of hydrogen-bond acceptors (Lipinski definition) is 3. The number of benzene rings is 3. The van der Waals surface area contributed by atoms with Gasteiger partial charge in [0.05, 0.1) is 10.9 Å². The number of halogens is 2. The van der Waals surface area contributed by atoms with Crippen LogP contribution >= 0.6 is 27.5 Å². The molecule has 31 heavy (non-hydrogen) atoms. The summed E-state index contributed by atoms with van der Waals surface area (Å²) in [5.41, 5.74) is 3.64. The Labute approximate surface area is 195 Å². The Bertz CT molecular complexity index is 1270. The minimum atomic E-state index is -3.69. The molecule has 2 N–H and O–H groups in total. The Morgan fingerprint density at radius 2 is 1.84 bits per heavy atom. The lowest BCUT2D eigenvalue weighted by Crippen LogP contribution is -2.29. The van der Waals surface area contributed by atoms with Crippen LogP contribution in [0.5, 0.6) is 0 Å². The van der Waals surface area contributed by atoms with Gasteiger partial charge in [0.15, 0.2) is 0 Å². The molecule has 0 fully saturated rings. The second kappa shape index (κ2) is 8.01. The number of anilines is 2. The van der Waals surface area contributed by atoms with Gasteiger partial charge in [-0.05, 0) is 78.1 Å². The average Bonchev–Trinajstić information content (AvgIpc) is 3.24. The van der Waals surface area contributed by atoms with Gasteiger partial charge in [-0.15, -0.1) is 0 Å². The average molecular weight is 516 g/mol. The molecule has 0 radical (unpaired) electrons. The van der Waals surface area contributed by atoms with E-state index in [2.05, 4.69) is 44.2 Å². The normalized spacial score (nSPS) is 21.8. The maximum Gasteiger partial charge on any atom is 0.261 e. The molecule has 0 aromatic heterocycles. The summed E-state index contributed by atoms with van der Waals surface area (Å²) in [7, 11) is -3.69. The second-order valence-corrected chi connectivity index (χ2v) is 10.9. The molecule has 1 aliphatic carbocycles. The van der Waals surface area contributed by atoms with Crippen molar-refractivity contribution in [2.24, 2.45) is 5.92 Å². The van der Waals surface area contributed by atoms with Crippen molar-refractivity contribution in [3.05, 3.63) is 99.5 Å². The predicted molar refractivity (Wildman–Crippen MR) is 129 cm³/mol. The van der Waals surface area contributed by atoms with Crippen molar-refractivity contribution < 1.29 is 8.42 Å². The fourth-order valence-electron chi connectivity index (χ4n) is 4.50. The summed E-state index contributed by atoms with van der Waals surface area (Å²) in [6.07, 6.45) is 5.31. The standard InChI is InChI=1S/C24H20BrClN2O2S/c25-16-7-9-18(10-8-16)28-31(29,30)19-11-12-23-22(14-19)20-5-2-6-21(20)24(27-23)15-3-1-4-17(26)13-15/h1-5,7-14,20-21,24,27-28H,6H2/t20-,21+,24+/m0/s1. The summed E-state index contributed by atoms with van der Waals surface area (Å²) in [5.74, 6) is 0.464. The molecule has 5 rings (SSSR count). The summed E-state index contributed by atoms with van der Waals surface area (Å²) >= 11 is 9.60. The van der Waals surface area contributed by atoms with E-state index in [9.17, 15) is 8.42 Å². The molecule has 0 saturated carbocycles. The number of nitrogens with one attached hydrogen (secondary N) is 2. The Morgan fingerprint density at radius 1 is 1.03 bits per heavy atom. The maximum atomic E-state index is 13.0. The quantitative estimate of drug-likeness (QED) is 0.379. The van der Waals surface area contributed by atoms with Crippen molar-refractivity contribution in [2.45, 2.75) is 23.3 Å². The molecule has 158 valence electrons. The van der Waals surface area contributed by atoms with E-state index in [1.54, 1.807) is 36.4 Å². The molecule has 1 heterocycles. The molecule has 0 amide bonds.